The fourth-order valence-corrected chi connectivity index (χ4v) is 3.76. The van der Waals surface area contributed by atoms with Crippen LogP contribution in [0.25, 0.3) is 6.08 Å². The third-order valence-corrected chi connectivity index (χ3v) is 5.37. The van der Waals surface area contributed by atoms with Crippen LogP contribution in [-0.2, 0) is 20.2 Å². The summed E-state index contributed by atoms with van der Waals surface area (Å²) in [6, 6.07) is 15.7. The molecule has 126 valence electrons. The van der Waals surface area contributed by atoms with Crippen LogP contribution in [0.5, 0.6) is 0 Å². The number of aromatic nitrogens is 1. The Balaban J connectivity index is 2.34. The second-order valence-electron chi connectivity index (χ2n) is 5.02. The van der Waals surface area contributed by atoms with Crippen LogP contribution in [0.2, 0.25) is 0 Å². The topological polar surface area (TPSA) is 64.2 Å². The van der Waals surface area contributed by atoms with E-state index in [0.717, 1.165) is 11.3 Å². The summed E-state index contributed by atoms with van der Waals surface area (Å²) in [6.45, 7) is 4.52. The van der Waals surface area contributed by atoms with Crippen molar-refractivity contribution in [3.05, 3.63) is 65.2 Å². The summed E-state index contributed by atoms with van der Waals surface area (Å²) in [7, 11) is -3.59. The van der Waals surface area contributed by atoms with Crippen molar-refractivity contribution in [1.29, 1.82) is 5.26 Å². The minimum absolute atomic E-state index is 0.0132. The van der Waals surface area contributed by atoms with Gasteiger partial charge in [-0.25, -0.2) is 0 Å². The zero-order chi connectivity index (χ0) is 17.4. The van der Waals surface area contributed by atoms with Crippen LogP contribution in [-0.4, -0.2) is 17.8 Å². The van der Waals surface area contributed by atoms with E-state index in [2.05, 4.69) is 0 Å². The van der Waals surface area contributed by atoms with Gasteiger partial charge in [0, 0.05) is 18.4 Å². The van der Waals surface area contributed by atoms with Gasteiger partial charge in [-0.1, -0.05) is 30.3 Å². The normalized spacial score (nSPS) is 12.1. The summed E-state index contributed by atoms with van der Waals surface area (Å²) in [5.74, 6) is 0. The highest BCUT2D eigenvalue weighted by Crippen LogP contribution is 2.56. The molecule has 0 aliphatic carbocycles. The Kier molecular flexibility index (Phi) is 6.57. The van der Waals surface area contributed by atoms with Crippen LogP contribution >= 0.6 is 7.60 Å². The van der Waals surface area contributed by atoms with Crippen molar-refractivity contribution in [2.75, 3.05) is 13.2 Å². The lowest BCUT2D eigenvalue weighted by atomic mass is 10.2. The molecule has 0 bridgehead atoms. The molecule has 24 heavy (non-hydrogen) atoms. The van der Waals surface area contributed by atoms with Crippen LogP contribution in [0, 0.1) is 11.3 Å². The zero-order valence-electron chi connectivity index (χ0n) is 13.9. The highest BCUT2D eigenvalue weighted by atomic mass is 31.2. The summed E-state index contributed by atoms with van der Waals surface area (Å²) < 4.78 is 25.3. The first-order valence-corrected chi connectivity index (χ1v) is 9.37. The Bertz CT molecular complexity index is 765. The zero-order valence-corrected chi connectivity index (χ0v) is 14.8. The third-order valence-electron chi connectivity index (χ3n) is 3.35. The molecule has 0 saturated heterocycles. The molecule has 6 heteroatoms. The smallest absolute Gasteiger partial charge is 0.344 e. The summed E-state index contributed by atoms with van der Waals surface area (Å²) in [6.07, 6.45) is 3.50. The Labute approximate surface area is 142 Å². The highest BCUT2D eigenvalue weighted by Gasteiger charge is 2.30. The van der Waals surface area contributed by atoms with Crippen molar-refractivity contribution < 1.29 is 13.6 Å². The Morgan fingerprint density at radius 2 is 1.83 bits per heavy atom. The van der Waals surface area contributed by atoms with Crippen LogP contribution in [0.3, 0.4) is 0 Å². The van der Waals surface area contributed by atoms with Gasteiger partial charge < -0.3 is 13.6 Å². The molecule has 0 N–H and O–H groups in total. The van der Waals surface area contributed by atoms with E-state index in [1.54, 1.807) is 19.9 Å². The number of allylic oxidation sites excluding steroid dienone is 1. The van der Waals surface area contributed by atoms with Crippen LogP contribution in [0.15, 0.2) is 54.0 Å². The molecule has 0 fully saturated rings. The molecule has 2 rings (SSSR count). The molecule has 0 radical (unpaired) electrons. The van der Waals surface area contributed by atoms with Gasteiger partial charge in [0.05, 0.1) is 13.2 Å². The quantitative estimate of drug-likeness (QED) is 0.516. The lowest BCUT2D eigenvalue weighted by Crippen LogP contribution is -2.02. The summed E-state index contributed by atoms with van der Waals surface area (Å²) in [5, 5.41) is 9.45. The van der Waals surface area contributed by atoms with Gasteiger partial charge >= 0.3 is 7.60 Å². The first-order valence-electron chi connectivity index (χ1n) is 7.83. The van der Waals surface area contributed by atoms with E-state index >= 15 is 0 Å². The largest absolute Gasteiger partial charge is 0.371 e. The van der Waals surface area contributed by atoms with Crippen LogP contribution in [0.1, 0.15) is 25.1 Å². The predicted molar refractivity (Wildman–Crippen MR) is 94.4 cm³/mol. The molecule has 2 aromatic rings. The second kappa shape index (κ2) is 8.65. The SMILES string of the molecule is CCOP(=O)(OCC)/C(C#N)=C/c1cccn1Cc1ccccc1. The summed E-state index contributed by atoms with van der Waals surface area (Å²) >= 11 is 0. The van der Waals surface area contributed by atoms with Crippen molar-refractivity contribution in [2.24, 2.45) is 0 Å². The molecular formula is C18H21N2O3P. The van der Waals surface area contributed by atoms with Crippen molar-refractivity contribution in [2.45, 2.75) is 20.4 Å². The minimum atomic E-state index is -3.59. The fraction of sp³-hybridized carbons (Fsp3) is 0.278. The van der Waals surface area contributed by atoms with Crippen molar-refractivity contribution in [3.8, 4) is 6.07 Å². The average molecular weight is 344 g/mol. The molecule has 0 saturated carbocycles. The Morgan fingerprint density at radius 3 is 2.42 bits per heavy atom. The number of hydrogen-bond acceptors (Lipinski definition) is 4. The van der Waals surface area contributed by atoms with Crippen molar-refractivity contribution in [3.63, 3.8) is 0 Å². The first-order chi connectivity index (χ1) is 11.6. The van der Waals surface area contributed by atoms with Gasteiger partial charge in [-0.15, -0.1) is 0 Å². The van der Waals surface area contributed by atoms with Gasteiger partial charge in [0.2, 0.25) is 0 Å². The lowest BCUT2D eigenvalue weighted by Gasteiger charge is -2.16. The third kappa shape index (κ3) is 4.46. The molecule has 0 aliphatic heterocycles. The van der Waals surface area contributed by atoms with Crippen LogP contribution < -0.4 is 0 Å². The summed E-state index contributed by atoms with van der Waals surface area (Å²) in [5.41, 5.74) is 1.91. The van der Waals surface area contributed by atoms with E-state index in [9.17, 15) is 9.83 Å². The molecular weight excluding hydrogens is 323 g/mol. The average Bonchev–Trinajstić information content (AvgIpc) is 3.00. The molecule has 0 unspecified atom stereocenters. The second-order valence-corrected chi connectivity index (χ2v) is 7.01. The maximum absolute atomic E-state index is 12.8. The predicted octanol–water partition coefficient (Wildman–Crippen LogP) is 4.67. The standard InChI is InChI=1S/C18H21N2O3P/c1-3-22-24(21,23-4-2)18(14-19)13-17-11-8-12-20(17)15-16-9-6-5-7-10-16/h5-13H,3-4,15H2,1-2H3/b18-13+. The van der Waals surface area contributed by atoms with Gasteiger partial charge in [0.25, 0.3) is 0 Å². The van der Waals surface area contributed by atoms with E-state index in [1.807, 2.05) is 59.3 Å². The first kappa shape index (κ1) is 18.2. The Morgan fingerprint density at radius 1 is 1.17 bits per heavy atom. The van der Waals surface area contributed by atoms with Gasteiger partial charge in [0.1, 0.15) is 11.4 Å². The number of nitrogens with zero attached hydrogens (tertiary/aromatic N) is 2. The summed E-state index contributed by atoms with van der Waals surface area (Å²) in [4.78, 5) is 0. The number of nitriles is 1. The van der Waals surface area contributed by atoms with E-state index in [-0.39, 0.29) is 18.5 Å². The Hall–Kier alpha value is -2.12. The molecule has 0 aliphatic rings. The number of hydrogen-bond donors (Lipinski definition) is 0. The lowest BCUT2D eigenvalue weighted by molar-refractivity contribution is 0.227. The molecule has 0 amide bonds. The van der Waals surface area contributed by atoms with E-state index in [1.165, 1.54) is 0 Å². The number of benzene rings is 1. The molecule has 0 atom stereocenters. The molecule has 1 aromatic carbocycles. The monoisotopic (exact) mass is 344 g/mol. The van der Waals surface area contributed by atoms with E-state index in [4.69, 9.17) is 9.05 Å². The highest BCUT2D eigenvalue weighted by molar-refractivity contribution is 7.59. The van der Waals surface area contributed by atoms with E-state index < -0.39 is 7.60 Å². The van der Waals surface area contributed by atoms with Gasteiger partial charge in [-0.2, -0.15) is 5.26 Å². The van der Waals surface area contributed by atoms with Gasteiger partial charge in [0.15, 0.2) is 0 Å². The fourth-order valence-electron chi connectivity index (χ4n) is 2.31. The minimum Gasteiger partial charge on any atom is -0.344 e. The van der Waals surface area contributed by atoms with Crippen LogP contribution in [0.4, 0.5) is 0 Å². The molecule has 5 nitrogen and oxygen atoms in total. The van der Waals surface area contributed by atoms with Gasteiger partial charge in [-0.05, 0) is 37.6 Å². The number of rotatable bonds is 8. The van der Waals surface area contributed by atoms with E-state index in [0.29, 0.717) is 6.54 Å². The molecule has 1 aromatic heterocycles. The maximum Gasteiger partial charge on any atom is 0.371 e. The molecule has 1 heterocycles. The molecule has 0 spiro atoms. The van der Waals surface area contributed by atoms with Crippen molar-refractivity contribution >= 4 is 13.7 Å². The maximum atomic E-state index is 12.8. The van der Waals surface area contributed by atoms with Crippen molar-refractivity contribution in [1.82, 2.24) is 4.57 Å². The van der Waals surface area contributed by atoms with Gasteiger partial charge in [-0.3, -0.25) is 4.57 Å².